The molecule has 1 saturated carbocycles. The van der Waals surface area contributed by atoms with Gasteiger partial charge in [-0.2, -0.15) is 0 Å². The molecular formula is C16H23Cl2N. The lowest BCUT2D eigenvalue weighted by Crippen LogP contribution is -2.18. The first-order chi connectivity index (χ1) is 9.22. The summed E-state index contributed by atoms with van der Waals surface area (Å²) in [6.45, 7) is 0. The predicted molar refractivity (Wildman–Crippen MR) is 84.1 cm³/mol. The normalized spacial score (nSPS) is 18.5. The highest BCUT2D eigenvalue weighted by atomic mass is 35.5. The second-order valence-electron chi connectivity index (χ2n) is 5.57. The molecule has 2 rings (SSSR count). The van der Waals surface area contributed by atoms with Crippen LogP contribution in [-0.4, -0.2) is 7.05 Å². The largest absolute Gasteiger partial charge is 0.313 e. The van der Waals surface area contributed by atoms with Gasteiger partial charge in [0.1, 0.15) is 0 Å². The summed E-state index contributed by atoms with van der Waals surface area (Å²) in [4.78, 5) is 0. The first-order valence-electron chi connectivity index (χ1n) is 7.33. The lowest BCUT2D eigenvalue weighted by molar-refractivity contribution is 0.317. The molecule has 1 aliphatic rings. The van der Waals surface area contributed by atoms with Crippen LogP contribution in [0, 0.1) is 5.92 Å². The summed E-state index contributed by atoms with van der Waals surface area (Å²) in [5.41, 5.74) is 1.13. The molecule has 3 heteroatoms. The van der Waals surface area contributed by atoms with Crippen LogP contribution in [0.2, 0.25) is 10.0 Å². The molecule has 0 bridgehead atoms. The van der Waals surface area contributed by atoms with E-state index < -0.39 is 0 Å². The fourth-order valence-corrected chi connectivity index (χ4v) is 3.56. The first kappa shape index (κ1) is 15.2. The summed E-state index contributed by atoms with van der Waals surface area (Å²) in [6.07, 6.45) is 9.47. The molecule has 1 aromatic carbocycles. The summed E-state index contributed by atoms with van der Waals surface area (Å²) in [7, 11) is 2.00. The molecule has 0 saturated heterocycles. The summed E-state index contributed by atoms with van der Waals surface area (Å²) in [5, 5.41) is 4.73. The Balaban J connectivity index is 1.97. The highest BCUT2D eigenvalue weighted by Gasteiger charge is 2.18. The number of nitrogens with one attached hydrogen (secondary N) is 1. The van der Waals surface area contributed by atoms with Crippen molar-refractivity contribution in [2.45, 2.75) is 51.0 Å². The zero-order valence-electron chi connectivity index (χ0n) is 11.6. The maximum atomic E-state index is 6.32. The van der Waals surface area contributed by atoms with Crippen LogP contribution in [0.3, 0.4) is 0 Å². The van der Waals surface area contributed by atoms with Crippen molar-refractivity contribution in [1.82, 2.24) is 5.32 Å². The molecule has 1 nitrogen and oxygen atoms in total. The van der Waals surface area contributed by atoms with E-state index in [9.17, 15) is 0 Å². The average Bonchev–Trinajstić information content (AvgIpc) is 2.45. The fraction of sp³-hybridized carbons (Fsp3) is 0.625. The lowest BCUT2D eigenvalue weighted by Gasteiger charge is -2.25. The second kappa shape index (κ2) is 7.52. The summed E-state index contributed by atoms with van der Waals surface area (Å²) >= 11 is 12.4. The third kappa shape index (κ3) is 4.11. The van der Waals surface area contributed by atoms with E-state index in [1.165, 1.54) is 38.5 Å². The molecule has 106 valence electrons. The molecule has 0 spiro atoms. The van der Waals surface area contributed by atoms with Gasteiger partial charge in [0.2, 0.25) is 0 Å². The Bertz CT molecular complexity index is 400. The highest BCUT2D eigenvalue weighted by Crippen LogP contribution is 2.34. The van der Waals surface area contributed by atoms with Gasteiger partial charge in [-0.1, -0.05) is 67.4 Å². The van der Waals surface area contributed by atoms with Crippen molar-refractivity contribution in [2.24, 2.45) is 5.92 Å². The van der Waals surface area contributed by atoms with Crippen molar-refractivity contribution in [1.29, 1.82) is 0 Å². The van der Waals surface area contributed by atoms with Gasteiger partial charge in [0.25, 0.3) is 0 Å². The molecule has 1 fully saturated rings. The quantitative estimate of drug-likeness (QED) is 0.744. The molecule has 1 N–H and O–H groups in total. The minimum absolute atomic E-state index is 0.313. The van der Waals surface area contributed by atoms with Crippen molar-refractivity contribution in [3.63, 3.8) is 0 Å². The van der Waals surface area contributed by atoms with Crippen molar-refractivity contribution in [3.05, 3.63) is 33.8 Å². The number of hydrogen-bond acceptors (Lipinski definition) is 1. The van der Waals surface area contributed by atoms with Crippen molar-refractivity contribution in [2.75, 3.05) is 7.05 Å². The third-order valence-corrected chi connectivity index (χ3v) is 5.13. The highest BCUT2D eigenvalue weighted by molar-refractivity contribution is 6.42. The van der Waals surface area contributed by atoms with E-state index in [0.29, 0.717) is 16.1 Å². The van der Waals surface area contributed by atoms with Gasteiger partial charge in [0.15, 0.2) is 0 Å². The Labute approximate surface area is 126 Å². The van der Waals surface area contributed by atoms with Crippen molar-refractivity contribution < 1.29 is 0 Å². The Hall–Kier alpha value is -0.240. The van der Waals surface area contributed by atoms with Crippen LogP contribution in [0.25, 0.3) is 0 Å². The number of benzene rings is 1. The zero-order valence-corrected chi connectivity index (χ0v) is 13.1. The molecular weight excluding hydrogens is 277 g/mol. The van der Waals surface area contributed by atoms with Crippen LogP contribution in [0.15, 0.2) is 18.2 Å². The van der Waals surface area contributed by atoms with Crippen molar-refractivity contribution >= 4 is 23.2 Å². The SMILES string of the molecule is CNC(CCC1CCCCC1)c1cccc(Cl)c1Cl. The molecule has 0 aliphatic heterocycles. The van der Waals surface area contributed by atoms with Crippen LogP contribution >= 0.6 is 23.2 Å². The Morgan fingerprint density at radius 2 is 1.95 bits per heavy atom. The van der Waals surface area contributed by atoms with Crippen molar-refractivity contribution in [3.8, 4) is 0 Å². The predicted octanol–water partition coefficient (Wildman–Crippen LogP) is 5.61. The minimum atomic E-state index is 0.313. The van der Waals surface area contributed by atoms with Gasteiger partial charge in [0.05, 0.1) is 10.0 Å². The van der Waals surface area contributed by atoms with E-state index in [4.69, 9.17) is 23.2 Å². The number of rotatable bonds is 5. The molecule has 19 heavy (non-hydrogen) atoms. The van der Waals surface area contributed by atoms with E-state index in [1.54, 1.807) is 0 Å². The minimum Gasteiger partial charge on any atom is -0.313 e. The molecule has 1 atom stereocenters. The van der Waals surface area contributed by atoms with Crippen LogP contribution in [0.4, 0.5) is 0 Å². The lowest BCUT2D eigenvalue weighted by atomic mass is 9.84. The maximum Gasteiger partial charge on any atom is 0.0640 e. The number of halogens is 2. The van der Waals surface area contributed by atoms with E-state index in [1.807, 2.05) is 19.2 Å². The van der Waals surface area contributed by atoms with Gasteiger partial charge in [-0.05, 0) is 37.4 Å². The Morgan fingerprint density at radius 3 is 2.63 bits per heavy atom. The fourth-order valence-electron chi connectivity index (χ4n) is 3.12. The molecule has 0 heterocycles. The molecule has 0 radical (unpaired) electrons. The molecule has 1 unspecified atom stereocenters. The van der Waals surface area contributed by atoms with Gasteiger partial charge in [-0.25, -0.2) is 0 Å². The van der Waals surface area contributed by atoms with E-state index >= 15 is 0 Å². The van der Waals surface area contributed by atoms with E-state index in [0.717, 1.165) is 17.9 Å². The number of hydrogen-bond donors (Lipinski definition) is 1. The first-order valence-corrected chi connectivity index (χ1v) is 8.09. The summed E-state index contributed by atoms with van der Waals surface area (Å²) in [5.74, 6) is 0.905. The Kier molecular flexibility index (Phi) is 6.00. The molecule has 0 aromatic heterocycles. The zero-order chi connectivity index (χ0) is 13.7. The van der Waals surface area contributed by atoms with Gasteiger partial charge >= 0.3 is 0 Å². The van der Waals surface area contributed by atoms with Gasteiger partial charge in [-0.3, -0.25) is 0 Å². The second-order valence-corrected chi connectivity index (χ2v) is 6.35. The van der Waals surface area contributed by atoms with Crippen LogP contribution in [0.1, 0.15) is 56.6 Å². The van der Waals surface area contributed by atoms with Crippen LogP contribution < -0.4 is 5.32 Å². The van der Waals surface area contributed by atoms with Gasteiger partial charge in [0, 0.05) is 6.04 Å². The van der Waals surface area contributed by atoms with E-state index in [-0.39, 0.29) is 0 Å². The third-order valence-electron chi connectivity index (χ3n) is 4.29. The molecule has 1 aliphatic carbocycles. The average molecular weight is 300 g/mol. The summed E-state index contributed by atoms with van der Waals surface area (Å²) in [6, 6.07) is 6.22. The van der Waals surface area contributed by atoms with Crippen LogP contribution in [0.5, 0.6) is 0 Å². The van der Waals surface area contributed by atoms with E-state index in [2.05, 4.69) is 11.4 Å². The molecule has 0 amide bonds. The maximum absolute atomic E-state index is 6.32. The smallest absolute Gasteiger partial charge is 0.0640 e. The van der Waals surface area contributed by atoms with Gasteiger partial charge < -0.3 is 5.32 Å². The monoisotopic (exact) mass is 299 g/mol. The summed E-state index contributed by atoms with van der Waals surface area (Å²) < 4.78 is 0. The standard InChI is InChI=1S/C16H23Cl2N/c1-19-15(11-10-12-6-3-2-4-7-12)13-8-5-9-14(17)16(13)18/h5,8-9,12,15,19H,2-4,6-7,10-11H2,1H3. The van der Waals surface area contributed by atoms with Crippen LogP contribution in [-0.2, 0) is 0 Å². The Morgan fingerprint density at radius 1 is 1.21 bits per heavy atom. The van der Waals surface area contributed by atoms with Gasteiger partial charge in [-0.15, -0.1) is 0 Å². The topological polar surface area (TPSA) is 12.0 Å². The molecule has 1 aromatic rings.